The molecule has 0 saturated carbocycles. The molecule has 2 N–H and O–H groups in total. The Hall–Kier alpha value is -0.770. The molecule has 0 bridgehead atoms. The van der Waals surface area contributed by atoms with Gasteiger partial charge in [0.15, 0.2) is 0 Å². The van der Waals surface area contributed by atoms with Gasteiger partial charge >= 0.3 is 0 Å². The molecule has 1 atom stereocenters. The molecule has 0 aromatic heterocycles. The van der Waals surface area contributed by atoms with Crippen molar-refractivity contribution in [2.24, 2.45) is 11.7 Å². The molecule has 1 aromatic rings. The van der Waals surface area contributed by atoms with Gasteiger partial charge in [-0.1, -0.05) is 43.1 Å². The Morgan fingerprint density at radius 2 is 1.80 bits per heavy atom. The van der Waals surface area contributed by atoms with Crippen molar-refractivity contribution < 1.29 is 4.79 Å². The van der Waals surface area contributed by atoms with Gasteiger partial charge in [0.1, 0.15) is 0 Å². The van der Waals surface area contributed by atoms with Gasteiger partial charge in [0.25, 0.3) is 0 Å². The topological polar surface area (TPSA) is 46.3 Å². The number of hydrogen-bond donors (Lipinski definition) is 1. The number of halogens is 2. The average molecular weight is 317 g/mol. The molecule has 20 heavy (non-hydrogen) atoms. The molecule has 0 aliphatic rings. The Labute approximate surface area is 131 Å². The minimum absolute atomic E-state index is 0.0407. The van der Waals surface area contributed by atoms with Crippen LogP contribution in [0.5, 0.6) is 0 Å². The third-order valence-corrected chi connectivity index (χ3v) is 3.99. The van der Waals surface area contributed by atoms with Crippen LogP contribution in [-0.4, -0.2) is 22.9 Å². The molecule has 0 spiro atoms. The molecular formula is C15H22Cl2N2O. The second kappa shape index (κ2) is 7.30. The molecule has 0 saturated heterocycles. The molecule has 1 rings (SSSR count). The van der Waals surface area contributed by atoms with E-state index in [1.54, 1.807) is 17.0 Å². The molecule has 112 valence electrons. The minimum Gasteiger partial charge on any atom is -0.335 e. The van der Waals surface area contributed by atoms with Gasteiger partial charge in [0.05, 0.1) is 16.1 Å². The van der Waals surface area contributed by atoms with Crippen LogP contribution in [0.1, 0.15) is 33.3 Å². The van der Waals surface area contributed by atoms with Crippen molar-refractivity contribution in [1.82, 2.24) is 4.90 Å². The van der Waals surface area contributed by atoms with Crippen LogP contribution in [0.4, 0.5) is 0 Å². The second-order valence-electron chi connectivity index (χ2n) is 5.58. The van der Waals surface area contributed by atoms with Crippen molar-refractivity contribution in [2.75, 3.05) is 0 Å². The van der Waals surface area contributed by atoms with E-state index in [1.807, 2.05) is 33.8 Å². The lowest BCUT2D eigenvalue weighted by atomic mass is 10.0. The summed E-state index contributed by atoms with van der Waals surface area (Å²) in [5, 5.41) is 1.00. The second-order valence-corrected chi connectivity index (χ2v) is 6.39. The Morgan fingerprint density at radius 1 is 1.20 bits per heavy atom. The molecule has 3 nitrogen and oxygen atoms in total. The van der Waals surface area contributed by atoms with Crippen molar-refractivity contribution in [3.8, 4) is 0 Å². The van der Waals surface area contributed by atoms with Crippen LogP contribution in [0.2, 0.25) is 10.0 Å². The van der Waals surface area contributed by atoms with E-state index in [4.69, 9.17) is 28.9 Å². The van der Waals surface area contributed by atoms with Crippen molar-refractivity contribution in [2.45, 2.75) is 46.3 Å². The number of benzene rings is 1. The smallest absolute Gasteiger partial charge is 0.240 e. The maximum Gasteiger partial charge on any atom is 0.240 e. The number of hydrogen-bond acceptors (Lipinski definition) is 2. The third kappa shape index (κ3) is 4.37. The van der Waals surface area contributed by atoms with Gasteiger partial charge in [0.2, 0.25) is 5.91 Å². The van der Waals surface area contributed by atoms with Crippen LogP contribution in [0.3, 0.4) is 0 Å². The molecular weight excluding hydrogens is 295 g/mol. The molecule has 0 fully saturated rings. The quantitative estimate of drug-likeness (QED) is 0.900. The predicted octanol–water partition coefficient (Wildman–Crippen LogP) is 3.71. The van der Waals surface area contributed by atoms with E-state index in [9.17, 15) is 4.79 Å². The zero-order valence-corrected chi connectivity index (χ0v) is 13.9. The van der Waals surface area contributed by atoms with Crippen LogP contribution in [0, 0.1) is 5.92 Å². The van der Waals surface area contributed by atoms with Crippen molar-refractivity contribution in [3.63, 3.8) is 0 Å². The van der Waals surface area contributed by atoms with E-state index in [0.717, 1.165) is 5.56 Å². The summed E-state index contributed by atoms with van der Waals surface area (Å²) >= 11 is 11.9. The number of rotatable bonds is 5. The maximum atomic E-state index is 12.4. The summed E-state index contributed by atoms with van der Waals surface area (Å²) < 4.78 is 0. The Kier molecular flexibility index (Phi) is 6.31. The molecule has 1 amide bonds. The monoisotopic (exact) mass is 316 g/mol. The van der Waals surface area contributed by atoms with E-state index >= 15 is 0 Å². The zero-order valence-electron chi connectivity index (χ0n) is 12.4. The first-order valence-corrected chi connectivity index (χ1v) is 7.49. The highest BCUT2D eigenvalue weighted by Gasteiger charge is 2.25. The lowest BCUT2D eigenvalue weighted by molar-refractivity contribution is -0.136. The van der Waals surface area contributed by atoms with E-state index in [2.05, 4.69) is 0 Å². The number of amides is 1. The number of carbonyl (C=O) groups excluding carboxylic acids is 1. The van der Waals surface area contributed by atoms with Gasteiger partial charge in [-0.25, -0.2) is 0 Å². The fourth-order valence-electron chi connectivity index (χ4n) is 1.83. The molecule has 0 unspecified atom stereocenters. The van der Waals surface area contributed by atoms with Gasteiger partial charge in [-0.3, -0.25) is 4.79 Å². The summed E-state index contributed by atoms with van der Waals surface area (Å²) in [4.78, 5) is 14.2. The van der Waals surface area contributed by atoms with Gasteiger partial charge < -0.3 is 10.6 Å². The SMILES string of the molecule is CC(C)[C@H](N)C(=O)N(Cc1ccc(Cl)c(Cl)c1)C(C)C. The molecule has 0 radical (unpaired) electrons. The summed E-state index contributed by atoms with van der Waals surface area (Å²) in [6.07, 6.45) is 0. The van der Waals surface area contributed by atoms with Gasteiger partial charge in [-0.15, -0.1) is 0 Å². The maximum absolute atomic E-state index is 12.4. The summed E-state index contributed by atoms with van der Waals surface area (Å²) in [5.74, 6) is 0.0682. The van der Waals surface area contributed by atoms with E-state index in [0.29, 0.717) is 16.6 Å². The van der Waals surface area contributed by atoms with Gasteiger partial charge in [-0.2, -0.15) is 0 Å². The number of nitrogens with two attached hydrogens (primary N) is 1. The standard InChI is InChI=1S/C15H22Cl2N2O/c1-9(2)14(18)15(20)19(10(3)4)8-11-5-6-12(16)13(17)7-11/h5-7,9-10,14H,8,18H2,1-4H3/t14-/m0/s1. The van der Waals surface area contributed by atoms with E-state index < -0.39 is 6.04 Å². The molecule has 0 heterocycles. The normalized spacial score (nSPS) is 12.8. The van der Waals surface area contributed by atoms with Crippen LogP contribution in [0.25, 0.3) is 0 Å². The highest BCUT2D eigenvalue weighted by atomic mass is 35.5. The Morgan fingerprint density at radius 3 is 2.25 bits per heavy atom. The first-order chi connectivity index (χ1) is 9.23. The largest absolute Gasteiger partial charge is 0.335 e. The Balaban J connectivity index is 2.92. The van der Waals surface area contributed by atoms with Crippen LogP contribution in [0.15, 0.2) is 18.2 Å². The van der Waals surface area contributed by atoms with Crippen molar-refractivity contribution >= 4 is 29.1 Å². The molecule has 5 heteroatoms. The van der Waals surface area contributed by atoms with Crippen LogP contribution in [-0.2, 0) is 11.3 Å². The first-order valence-electron chi connectivity index (χ1n) is 6.74. The van der Waals surface area contributed by atoms with Crippen molar-refractivity contribution in [3.05, 3.63) is 33.8 Å². The van der Waals surface area contributed by atoms with Gasteiger partial charge in [-0.05, 0) is 37.5 Å². The summed E-state index contributed by atoms with van der Waals surface area (Å²) in [6.45, 7) is 8.32. The summed E-state index contributed by atoms with van der Waals surface area (Å²) in [5.41, 5.74) is 6.91. The average Bonchev–Trinajstić information content (AvgIpc) is 2.37. The lowest BCUT2D eigenvalue weighted by Crippen LogP contribution is -2.48. The minimum atomic E-state index is -0.486. The first kappa shape index (κ1) is 17.3. The van der Waals surface area contributed by atoms with Crippen LogP contribution >= 0.6 is 23.2 Å². The third-order valence-electron chi connectivity index (χ3n) is 3.25. The highest BCUT2D eigenvalue weighted by molar-refractivity contribution is 6.42. The van der Waals surface area contributed by atoms with E-state index in [1.165, 1.54) is 0 Å². The predicted molar refractivity (Wildman–Crippen MR) is 85.0 cm³/mol. The highest BCUT2D eigenvalue weighted by Crippen LogP contribution is 2.24. The van der Waals surface area contributed by atoms with Gasteiger partial charge in [0, 0.05) is 12.6 Å². The summed E-state index contributed by atoms with van der Waals surface area (Å²) in [6, 6.07) is 4.98. The van der Waals surface area contributed by atoms with E-state index in [-0.39, 0.29) is 17.9 Å². The Bertz CT molecular complexity index is 475. The molecule has 0 aliphatic heterocycles. The fourth-order valence-corrected chi connectivity index (χ4v) is 2.15. The molecule has 1 aromatic carbocycles. The summed E-state index contributed by atoms with van der Waals surface area (Å²) in [7, 11) is 0. The zero-order chi connectivity index (χ0) is 15.4. The number of carbonyl (C=O) groups is 1. The van der Waals surface area contributed by atoms with Crippen LogP contribution < -0.4 is 5.73 Å². The molecule has 0 aliphatic carbocycles. The number of nitrogens with zero attached hydrogens (tertiary/aromatic N) is 1. The fraction of sp³-hybridized carbons (Fsp3) is 0.533. The lowest BCUT2D eigenvalue weighted by Gasteiger charge is -2.30. The van der Waals surface area contributed by atoms with Crippen molar-refractivity contribution in [1.29, 1.82) is 0 Å².